The third-order valence-electron chi connectivity index (χ3n) is 7.17. The molecular formula is C33H33FN2O5. The molecule has 5 rings (SSSR count). The van der Waals surface area contributed by atoms with Crippen LogP contribution in [0, 0.1) is 5.82 Å². The lowest BCUT2D eigenvalue weighted by Crippen LogP contribution is -2.37. The number of H-pyrrole nitrogens is 1. The lowest BCUT2D eigenvalue weighted by atomic mass is 10.1. The molecule has 2 heterocycles. The van der Waals surface area contributed by atoms with Crippen molar-refractivity contribution in [2.24, 2.45) is 0 Å². The number of aryl methyl sites for hydroxylation is 2. The van der Waals surface area contributed by atoms with Crippen LogP contribution in [0.1, 0.15) is 55.2 Å². The number of aliphatic carboxylic acids is 1. The van der Waals surface area contributed by atoms with Crippen molar-refractivity contribution in [3.8, 4) is 11.5 Å². The maximum Gasteiger partial charge on any atom is 0.347 e. The second kappa shape index (κ2) is 11.5. The topological polar surface area (TPSA) is 93.5 Å². The molecule has 0 saturated carbocycles. The van der Waals surface area contributed by atoms with Gasteiger partial charge in [0.25, 0.3) is 0 Å². The van der Waals surface area contributed by atoms with Crippen LogP contribution < -0.4 is 9.47 Å². The fraction of sp³-hybridized carbons (Fsp3) is 0.273. The minimum Gasteiger partial charge on any atom is -0.493 e. The van der Waals surface area contributed by atoms with E-state index < -0.39 is 11.6 Å². The van der Waals surface area contributed by atoms with Crippen LogP contribution >= 0.6 is 0 Å². The number of hydrogen-bond donors (Lipinski definition) is 2. The SMILES string of the molecule is CCCc1c(OCCCn2ccc3c(OC(C)(C)C(=O)O)cccc32)ccc2cc(C(=O)c3ccc(F)cc3)[nH]c12. The molecule has 212 valence electrons. The molecule has 8 heteroatoms. The van der Waals surface area contributed by atoms with Crippen LogP contribution in [-0.4, -0.2) is 38.6 Å². The Labute approximate surface area is 237 Å². The second-order valence-electron chi connectivity index (χ2n) is 10.6. The van der Waals surface area contributed by atoms with Crippen LogP contribution in [-0.2, 0) is 17.8 Å². The molecule has 2 N–H and O–H groups in total. The first-order valence-electron chi connectivity index (χ1n) is 13.8. The summed E-state index contributed by atoms with van der Waals surface area (Å²) in [6.07, 6.45) is 4.42. The summed E-state index contributed by atoms with van der Waals surface area (Å²) in [5.41, 5.74) is 2.40. The quantitative estimate of drug-likeness (QED) is 0.126. The van der Waals surface area contributed by atoms with Crippen molar-refractivity contribution >= 4 is 33.6 Å². The molecule has 0 aliphatic carbocycles. The standard InChI is InChI=1S/C33H33FN2O5/c1-4-7-25-28(15-12-22-20-26(35-30(22)25)31(37)21-10-13-23(34)14-11-21)40-19-6-17-36-18-16-24-27(36)8-5-9-29(24)41-33(2,3)32(38)39/h5,8-16,18,20,35H,4,6-7,17,19H2,1-3H3,(H,38,39). The largest absolute Gasteiger partial charge is 0.493 e. The Morgan fingerprint density at radius 2 is 1.80 bits per heavy atom. The normalized spacial score (nSPS) is 11.7. The van der Waals surface area contributed by atoms with Gasteiger partial charge in [0.2, 0.25) is 5.78 Å². The van der Waals surface area contributed by atoms with E-state index in [1.807, 2.05) is 42.6 Å². The summed E-state index contributed by atoms with van der Waals surface area (Å²) in [5, 5.41) is 11.2. The van der Waals surface area contributed by atoms with Gasteiger partial charge in [-0.25, -0.2) is 9.18 Å². The van der Waals surface area contributed by atoms with Gasteiger partial charge in [0.05, 0.1) is 23.3 Å². The fourth-order valence-electron chi connectivity index (χ4n) is 4.97. The van der Waals surface area contributed by atoms with E-state index in [1.54, 1.807) is 6.07 Å². The molecule has 0 unspecified atom stereocenters. The van der Waals surface area contributed by atoms with E-state index in [2.05, 4.69) is 16.5 Å². The zero-order chi connectivity index (χ0) is 29.1. The summed E-state index contributed by atoms with van der Waals surface area (Å²) < 4.78 is 27.5. The number of carboxylic acids is 1. The van der Waals surface area contributed by atoms with E-state index in [0.717, 1.165) is 52.4 Å². The zero-order valence-corrected chi connectivity index (χ0v) is 23.4. The van der Waals surface area contributed by atoms with Gasteiger partial charge in [-0.15, -0.1) is 0 Å². The van der Waals surface area contributed by atoms with Crippen LogP contribution in [0.2, 0.25) is 0 Å². The molecule has 0 fully saturated rings. The Bertz CT molecular complexity index is 1720. The number of fused-ring (bicyclic) bond motifs is 2. The molecule has 3 aromatic carbocycles. The number of benzene rings is 3. The molecule has 0 saturated heterocycles. The van der Waals surface area contributed by atoms with Crippen LogP contribution in [0.25, 0.3) is 21.8 Å². The summed E-state index contributed by atoms with van der Waals surface area (Å²) in [5.74, 6) is -0.280. The average molecular weight is 557 g/mol. The molecule has 2 aromatic heterocycles. The van der Waals surface area contributed by atoms with Gasteiger partial charge in [-0.05, 0) is 87.4 Å². The Hall–Kier alpha value is -4.59. The van der Waals surface area contributed by atoms with Crippen molar-refractivity contribution in [2.75, 3.05) is 6.61 Å². The fourth-order valence-corrected chi connectivity index (χ4v) is 4.97. The highest BCUT2D eigenvalue weighted by atomic mass is 19.1. The minimum absolute atomic E-state index is 0.190. The molecular weight excluding hydrogens is 523 g/mol. The smallest absolute Gasteiger partial charge is 0.347 e. The van der Waals surface area contributed by atoms with Gasteiger partial charge in [0, 0.05) is 34.6 Å². The summed E-state index contributed by atoms with van der Waals surface area (Å²) >= 11 is 0. The first-order chi connectivity index (χ1) is 19.7. The maximum absolute atomic E-state index is 13.3. The number of rotatable bonds is 12. The van der Waals surface area contributed by atoms with E-state index in [9.17, 15) is 19.1 Å². The number of nitrogens with one attached hydrogen (secondary N) is 1. The lowest BCUT2D eigenvalue weighted by molar-refractivity contribution is -0.152. The number of hydrogen-bond acceptors (Lipinski definition) is 4. The predicted molar refractivity (Wildman–Crippen MR) is 157 cm³/mol. The molecule has 0 spiro atoms. The van der Waals surface area contributed by atoms with Crippen molar-refractivity contribution in [2.45, 2.75) is 52.2 Å². The van der Waals surface area contributed by atoms with Gasteiger partial charge >= 0.3 is 5.97 Å². The molecule has 0 bridgehead atoms. The molecule has 0 aliphatic rings. The van der Waals surface area contributed by atoms with E-state index in [-0.39, 0.29) is 11.6 Å². The summed E-state index contributed by atoms with van der Waals surface area (Å²) in [4.78, 5) is 27.8. The number of carbonyl (C=O) groups is 2. The Morgan fingerprint density at radius 1 is 1.02 bits per heavy atom. The molecule has 7 nitrogen and oxygen atoms in total. The minimum atomic E-state index is -1.34. The molecule has 0 atom stereocenters. The number of nitrogens with zero attached hydrogens (tertiary/aromatic N) is 1. The van der Waals surface area contributed by atoms with Gasteiger partial charge in [-0.3, -0.25) is 4.79 Å². The second-order valence-corrected chi connectivity index (χ2v) is 10.6. The molecule has 0 radical (unpaired) electrons. The van der Waals surface area contributed by atoms with Crippen LogP contribution in [0.5, 0.6) is 11.5 Å². The Morgan fingerprint density at radius 3 is 2.54 bits per heavy atom. The highest BCUT2D eigenvalue weighted by Gasteiger charge is 2.30. The van der Waals surface area contributed by atoms with Gasteiger partial charge < -0.3 is 24.1 Å². The number of carboxylic acid groups (broad SMARTS) is 1. The van der Waals surface area contributed by atoms with Crippen molar-refractivity contribution in [3.63, 3.8) is 0 Å². The van der Waals surface area contributed by atoms with Crippen LogP contribution in [0.15, 0.2) is 72.9 Å². The maximum atomic E-state index is 13.3. The average Bonchev–Trinajstić information content (AvgIpc) is 3.57. The van der Waals surface area contributed by atoms with Gasteiger partial charge in [0.1, 0.15) is 17.3 Å². The van der Waals surface area contributed by atoms with Crippen molar-refractivity contribution in [1.29, 1.82) is 0 Å². The number of ketones is 1. The highest BCUT2D eigenvalue weighted by molar-refractivity contribution is 6.10. The van der Waals surface area contributed by atoms with E-state index >= 15 is 0 Å². The first kappa shape index (κ1) is 28.0. The molecule has 0 amide bonds. The van der Waals surface area contributed by atoms with Gasteiger partial charge in [-0.1, -0.05) is 19.4 Å². The van der Waals surface area contributed by atoms with E-state index in [4.69, 9.17) is 9.47 Å². The monoisotopic (exact) mass is 556 g/mol. The first-order valence-corrected chi connectivity index (χ1v) is 13.8. The number of ether oxygens (including phenoxy) is 2. The number of aromatic nitrogens is 2. The molecule has 0 aliphatic heterocycles. The molecule has 5 aromatic rings. The predicted octanol–water partition coefficient (Wildman–Crippen LogP) is 7.16. The van der Waals surface area contributed by atoms with Crippen molar-refractivity contribution in [3.05, 3.63) is 95.6 Å². The van der Waals surface area contributed by atoms with Crippen LogP contribution in [0.3, 0.4) is 0 Å². The summed E-state index contributed by atoms with van der Waals surface area (Å²) in [7, 11) is 0. The highest BCUT2D eigenvalue weighted by Crippen LogP contribution is 2.32. The van der Waals surface area contributed by atoms with Gasteiger partial charge in [-0.2, -0.15) is 0 Å². The van der Waals surface area contributed by atoms with Gasteiger partial charge in [0.15, 0.2) is 5.60 Å². The van der Waals surface area contributed by atoms with Crippen molar-refractivity contribution < 1.29 is 28.6 Å². The molecule has 41 heavy (non-hydrogen) atoms. The third kappa shape index (κ3) is 5.82. The number of aromatic amines is 1. The van der Waals surface area contributed by atoms with E-state index in [1.165, 1.54) is 38.1 Å². The van der Waals surface area contributed by atoms with Crippen LogP contribution in [0.4, 0.5) is 4.39 Å². The van der Waals surface area contributed by atoms with Crippen molar-refractivity contribution in [1.82, 2.24) is 9.55 Å². The van der Waals surface area contributed by atoms with E-state index in [0.29, 0.717) is 30.2 Å². The summed E-state index contributed by atoms with van der Waals surface area (Å²) in [6, 6.07) is 18.8. The zero-order valence-electron chi connectivity index (χ0n) is 23.4. The lowest BCUT2D eigenvalue weighted by Gasteiger charge is -2.22. The number of carbonyl (C=O) groups excluding carboxylic acids is 1. The Balaban J connectivity index is 1.29. The third-order valence-corrected chi connectivity index (χ3v) is 7.17. The number of halogens is 1. The summed E-state index contributed by atoms with van der Waals surface area (Å²) in [6.45, 7) is 6.36. The Kier molecular flexibility index (Phi) is 7.83.